The highest BCUT2D eigenvalue weighted by molar-refractivity contribution is 14.1. The highest BCUT2D eigenvalue weighted by Gasteiger charge is 2.38. The van der Waals surface area contributed by atoms with Gasteiger partial charge in [0, 0.05) is 10.7 Å². The second-order valence-electron chi connectivity index (χ2n) is 5.26. The van der Waals surface area contributed by atoms with E-state index >= 15 is 0 Å². The van der Waals surface area contributed by atoms with Crippen molar-refractivity contribution < 1.29 is 14.7 Å². The van der Waals surface area contributed by atoms with Crippen LogP contribution in [0.15, 0.2) is 12.1 Å². The summed E-state index contributed by atoms with van der Waals surface area (Å²) in [4.78, 5) is 23.7. The van der Waals surface area contributed by atoms with Gasteiger partial charge in [-0.15, -0.1) is 0 Å². The summed E-state index contributed by atoms with van der Waals surface area (Å²) in [5.41, 5.74) is 0.0437. The van der Waals surface area contributed by atoms with Crippen LogP contribution >= 0.6 is 67.8 Å². The standard InChI is InChI=1S/C14H14I3NO3/c15-8-5-9(12(17)10(16)6-8)13(21)18-14(7-11(19)20)3-1-2-4-14/h5-6H,1-4,7H2,(H,18,21)(H,19,20). The van der Waals surface area contributed by atoms with Crippen LogP contribution in [0, 0.1) is 10.7 Å². The third-order valence-corrected chi connectivity index (χ3v) is 7.33. The molecule has 0 radical (unpaired) electrons. The highest BCUT2D eigenvalue weighted by atomic mass is 127. The van der Waals surface area contributed by atoms with Crippen LogP contribution in [-0.2, 0) is 4.79 Å². The van der Waals surface area contributed by atoms with Gasteiger partial charge in [-0.3, -0.25) is 9.59 Å². The minimum absolute atomic E-state index is 0.00363. The van der Waals surface area contributed by atoms with Crippen molar-refractivity contribution >= 4 is 79.6 Å². The number of halogens is 3. The van der Waals surface area contributed by atoms with Gasteiger partial charge in [-0.2, -0.15) is 0 Å². The maximum absolute atomic E-state index is 12.6. The Morgan fingerprint density at radius 3 is 2.38 bits per heavy atom. The Balaban J connectivity index is 2.26. The molecule has 7 heteroatoms. The summed E-state index contributed by atoms with van der Waals surface area (Å²) in [6, 6.07) is 3.87. The lowest BCUT2D eigenvalue weighted by molar-refractivity contribution is -0.138. The molecular weight excluding hydrogens is 611 g/mol. The zero-order valence-electron chi connectivity index (χ0n) is 11.1. The molecule has 0 heterocycles. The molecular formula is C14H14I3NO3. The molecule has 21 heavy (non-hydrogen) atoms. The Hall–Kier alpha value is 0.350. The Morgan fingerprint density at radius 1 is 1.19 bits per heavy atom. The van der Waals surface area contributed by atoms with Gasteiger partial charge in [0.25, 0.3) is 5.91 Å². The first-order chi connectivity index (χ1) is 9.83. The summed E-state index contributed by atoms with van der Waals surface area (Å²) in [5.74, 6) is -1.02. The van der Waals surface area contributed by atoms with Crippen molar-refractivity contribution in [2.24, 2.45) is 0 Å². The number of aliphatic carboxylic acids is 1. The van der Waals surface area contributed by atoms with Gasteiger partial charge in [0.1, 0.15) is 0 Å². The average molecular weight is 625 g/mol. The van der Waals surface area contributed by atoms with E-state index in [4.69, 9.17) is 5.11 Å². The lowest BCUT2D eigenvalue weighted by Gasteiger charge is -2.29. The fourth-order valence-corrected chi connectivity index (χ4v) is 5.12. The van der Waals surface area contributed by atoms with E-state index in [0.717, 1.165) is 36.4 Å². The molecule has 0 aliphatic heterocycles. The minimum atomic E-state index is -0.857. The van der Waals surface area contributed by atoms with Crippen LogP contribution in [0.1, 0.15) is 42.5 Å². The van der Waals surface area contributed by atoms with Gasteiger partial charge >= 0.3 is 5.97 Å². The van der Waals surface area contributed by atoms with Crippen molar-refractivity contribution in [3.63, 3.8) is 0 Å². The molecule has 0 spiro atoms. The van der Waals surface area contributed by atoms with E-state index in [2.05, 4.69) is 73.1 Å². The molecule has 1 aliphatic rings. The zero-order valence-corrected chi connectivity index (χ0v) is 17.6. The number of rotatable bonds is 4. The fourth-order valence-electron chi connectivity index (χ4n) is 2.72. The second kappa shape index (κ2) is 7.28. The predicted molar refractivity (Wildman–Crippen MR) is 106 cm³/mol. The van der Waals surface area contributed by atoms with E-state index in [1.54, 1.807) is 0 Å². The fraction of sp³-hybridized carbons (Fsp3) is 0.429. The van der Waals surface area contributed by atoms with Crippen LogP contribution in [0.4, 0.5) is 0 Å². The van der Waals surface area contributed by atoms with Crippen LogP contribution in [0.2, 0.25) is 0 Å². The maximum atomic E-state index is 12.6. The monoisotopic (exact) mass is 625 g/mol. The quantitative estimate of drug-likeness (QED) is 0.393. The smallest absolute Gasteiger partial charge is 0.305 e. The van der Waals surface area contributed by atoms with Gasteiger partial charge in [0.15, 0.2) is 0 Å². The van der Waals surface area contributed by atoms with Crippen molar-refractivity contribution in [2.45, 2.75) is 37.6 Å². The molecule has 0 unspecified atom stereocenters. The van der Waals surface area contributed by atoms with Gasteiger partial charge in [-0.25, -0.2) is 0 Å². The van der Waals surface area contributed by atoms with E-state index in [1.807, 2.05) is 12.1 Å². The highest BCUT2D eigenvalue weighted by Crippen LogP contribution is 2.33. The van der Waals surface area contributed by atoms with Crippen molar-refractivity contribution in [3.05, 3.63) is 28.4 Å². The van der Waals surface area contributed by atoms with Crippen LogP contribution in [0.5, 0.6) is 0 Å². The molecule has 1 aromatic rings. The topological polar surface area (TPSA) is 66.4 Å². The van der Waals surface area contributed by atoms with Crippen molar-refractivity contribution in [1.82, 2.24) is 5.32 Å². The van der Waals surface area contributed by atoms with Crippen LogP contribution in [-0.4, -0.2) is 22.5 Å². The molecule has 2 N–H and O–H groups in total. The van der Waals surface area contributed by atoms with E-state index < -0.39 is 11.5 Å². The van der Waals surface area contributed by atoms with Crippen LogP contribution < -0.4 is 5.32 Å². The number of carbonyl (C=O) groups is 2. The largest absolute Gasteiger partial charge is 0.481 e. The number of nitrogens with one attached hydrogen (secondary N) is 1. The third-order valence-electron chi connectivity index (χ3n) is 3.67. The summed E-state index contributed by atoms with van der Waals surface area (Å²) in [6.07, 6.45) is 3.41. The van der Waals surface area contributed by atoms with Gasteiger partial charge in [-0.05, 0) is 92.7 Å². The summed E-state index contributed by atoms with van der Waals surface area (Å²) in [6.45, 7) is 0. The molecule has 1 fully saturated rings. The van der Waals surface area contributed by atoms with E-state index in [9.17, 15) is 9.59 Å². The van der Waals surface area contributed by atoms with E-state index in [0.29, 0.717) is 5.56 Å². The maximum Gasteiger partial charge on any atom is 0.305 e. The normalized spacial score (nSPS) is 16.7. The van der Waals surface area contributed by atoms with Crippen molar-refractivity contribution in [2.75, 3.05) is 0 Å². The zero-order chi connectivity index (χ0) is 15.6. The second-order valence-corrected chi connectivity index (χ2v) is 8.75. The molecule has 0 atom stereocenters. The Kier molecular flexibility index (Phi) is 6.14. The minimum Gasteiger partial charge on any atom is -0.481 e. The molecule has 1 saturated carbocycles. The van der Waals surface area contributed by atoms with Gasteiger partial charge < -0.3 is 10.4 Å². The molecule has 1 aromatic carbocycles. The number of hydrogen-bond acceptors (Lipinski definition) is 2. The molecule has 1 amide bonds. The number of benzene rings is 1. The van der Waals surface area contributed by atoms with Gasteiger partial charge in [0.2, 0.25) is 0 Å². The SMILES string of the molecule is O=C(O)CC1(NC(=O)c2cc(I)cc(I)c2I)CCCC1. The first kappa shape index (κ1) is 17.7. The first-order valence-electron chi connectivity index (χ1n) is 6.52. The molecule has 0 aromatic heterocycles. The number of carboxylic acids is 1. The number of hydrogen-bond donors (Lipinski definition) is 2. The summed E-state index contributed by atoms with van der Waals surface area (Å²) in [7, 11) is 0. The predicted octanol–water partition coefficient (Wildman–Crippen LogP) is 4.02. The summed E-state index contributed by atoms with van der Waals surface area (Å²) >= 11 is 6.56. The van der Waals surface area contributed by atoms with E-state index in [1.165, 1.54) is 0 Å². The average Bonchev–Trinajstić information content (AvgIpc) is 2.80. The molecule has 2 rings (SSSR count). The Morgan fingerprint density at radius 2 is 1.81 bits per heavy atom. The van der Waals surface area contributed by atoms with Crippen LogP contribution in [0.3, 0.4) is 0 Å². The molecule has 1 aliphatic carbocycles. The molecule has 114 valence electrons. The third kappa shape index (κ3) is 4.43. The van der Waals surface area contributed by atoms with Gasteiger partial charge in [-0.1, -0.05) is 12.8 Å². The molecule has 4 nitrogen and oxygen atoms in total. The lowest BCUT2D eigenvalue weighted by atomic mass is 9.92. The summed E-state index contributed by atoms with van der Waals surface area (Å²) < 4.78 is 2.94. The van der Waals surface area contributed by atoms with Gasteiger partial charge in [0.05, 0.1) is 17.5 Å². The number of amides is 1. The van der Waals surface area contributed by atoms with E-state index in [-0.39, 0.29) is 12.3 Å². The summed E-state index contributed by atoms with van der Waals surface area (Å²) in [5, 5.41) is 12.1. The number of carbonyl (C=O) groups excluding carboxylic acids is 1. The van der Waals surface area contributed by atoms with Crippen LogP contribution in [0.25, 0.3) is 0 Å². The number of carboxylic acid groups (broad SMARTS) is 1. The first-order valence-corrected chi connectivity index (χ1v) is 9.75. The Bertz CT molecular complexity index is 583. The molecule has 0 saturated heterocycles. The van der Waals surface area contributed by atoms with Crippen molar-refractivity contribution in [1.29, 1.82) is 0 Å². The lowest BCUT2D eigenvalue weighted by Crippen LogP contribution is -2.48. The molecule has 0 bridgehead atoms. The van der Waals surface area contributed by atoms with Crippen molar-refractivity contribution in [3.8, 4) is 0 Å². The Labute approximate surface area is 164 Å².